The Balaban J connectivity index is 1.26. The molecule has 1 aliphatic carbocycles. The van der Waals surface area contributed by atoms with Gasteiger partial charge in [-0.3, -0.25) is 4.79 Å². The molecule has 146 valence electrons. The van der Waals surface area contributed by atoms with Crippen molar-refractivity contribution in [1.29, 1.82) is 0 Å². The van der Waals surface area contributed by atoms with Gasteiger partial charge in [0.1, 0.15) is 6.10 Å². The number of rotatable bonds is 4. The van der Waals surface area contributed by atoms with Crippen LogP contribution in [0.3, 0.4) is 0 Å². The predicted molar refractivity (Wildman–Crippen MR) is 114 cm³/mol. The number of benzene rings is 3. The zero-order valence-corrected chi connectivity index (χ0v) is 16.3. The Morgan fingerprint density at radius 1 is 0.897 bits per heavy atom. The highest BCUT2D eigenvalue weighted by Gasteiger charge is 2.40. The fourth-order valence-corrected chi connectivity index (χ4v) is 4.56. The van der Waals surface area contributed by atoms with Gasteiger partial charge in [-0.2, -0.15) is 0 Å². The molecule has 1 fully saturated rings. The summed E-state index contributed by atoms with van der Waals surface area (Å²) in [5.41, 5.74) is 2.84. The van der Waals surface area contributed by atoms with E-state index in [4.69, 9.17) is 9.47 Å². The van der Waals surface area contributed by atoms with Gasteiger partial charge in [-0.15, -0.1) is 0 Å². The van der Waals surface area contributed by atoms with E-state index in [1.165, 1.54) is 16.3 Å². The number of hydrogen-bond donors (Lipinski definition) is 0. The van der Waals surface area contributed by atoms with Crippen molar-refractivity contribution in [2.45, 2.75) is 38.1 Å². The number of ether oxygens (including phenoxy) is 2. The summed E-state index contributed by atoms with van der Waals surface area (Å²) < 4.78 is 12.3. The van der Waals surface area contributed by atoms with Crippen LogP contribution in [0.15, 0.2) is 79.1 Å². The predicted octanol–water partition coefficient (Wildman–Crippen LogP) is 5.53. The highest BCUT2D eigenvalue weighted by atomic mass is 16.5. The molecule has 1 aliphatic heterocycles. The first kappa shape index (κ1) is 18.1. The van der Waals surface area contributed by atoms with Crippen LogP contribution in [-0.4, -0.2) is 18.0 Å². The Bertz CT molecular complexity index is 1050. The maximum atomic E-state index is 13.0. The topological polar surface area (TPSA) is 35.5 Å². The molecule has 0 bridgehead atoms. The molecule has 3 unspecified atom stereocenters. The Morgan fingerprint density at radius 2 is 1.69 bits per heavy atom. The minimum atomic E-state index is -0.0822. The van der Waals surface area contributed by atoms with Crippen molar-refractivity contribution in [2.24, 2.45) is 5.92 Å². The van der Waals surface area contributed by atoms with Crippen LogP contribution in [0.4, 0.5) is 0 Å². The van der Waals surface area contributed by atoms with Crippen LogP contribution in [0.25, 0.3) is 16.3 Å². The Labute approximate surface area is 171 Å². The maximum Gasteiger partial charge on any atom is 0.173 e. The van der Waals surface area contributed by atoms with E-state index in [-0.39, 0.29) is 23.9 Å². The van der Waals surface area contributed by atoms with E-state index < -0.39 is 0 Å². The lowest BCUT2D eigenvalue weighted by atomic mass is 9.78. The average Bonchev–Trinajstić information content (AvgIpc) is 2.78. The van der Waals surface area contributed by atoms with Crippen LogP contribution in [-0.2, 0) is 20.9 Å². The largest absolute Gasteiger partial charge is 0.496 e. The summed E-state index contributed by atoms with van der Waals surface area (Å²) in [6, 6.07) is 24.5. The molecule has 0 spiro atoms. The lowest BCUT2D eigenvalue weighted by Gasteiger charge is -2.37. The van der Waals surface area contributed by atoms with Gasteiger partial charge in [-0.25, -0.2) is 0 Å². The zero-order chi connectivity index (χ0) is 19.6. The molecule has 1 saturated carbocycles. The molecule has 29 heavy (non-hydrogen) atoms. The van der Waals surface area contributed by atoms with E-state index in [0.717, 1.165) is 24.8 Å². The Kier molecular flexibility index (Phi) is 4.91. The molecule has 3 heteroatoms. The summed E-state index contributed by atoms with van der Waals surface area (Å²) in [5.74, 6) is 0.146. The molecule has 3 aromatic carbocycles. The SMILES string of the molecule is O=C1C(c2ccccc2)=COC2CC(OCc3cccc4ccccc34)CCC12. The molecule has 0 N–H and O–H groups in total. The van der Waals surface area contributed by atoms with Gasteiger partial charge in [0.15, 0.2) is 5.78 Å². The number of carbonyl (C=O) groups is 1. The zero-order valence-electron chi connectivity index (χ0n) is 16.3. The standard InChI is InChI=1S/C26H24O3/c27-26-23-14-13-21(15-25(23)29-17-24(26)19-7-2-1-3-8-19)28-16-20-11-6-10-18-9-4-5-12-22(18)20/h1-12,17,21,23,25H,13-16H2. The highest BCUT2D eigenvalue weighted by Crippen LogP contribution is 2.37. The molecule has 0 radical (unpaired) electrons. The van der Waals surface area contributed by atoms with Gasteiger partial charge in [-0.1, -0.05) is 72.8 Å². The van der Waals surface area contributed by atoms with Gasteiger partial charge in [0, 0.05) is 6.42 Å². The van der Waals surface area contributed by atoms with E-state index in [1.807, 2.05) is 30.3 Å². The minimum Gasteiger partial charge on any atom is -0.496 e. The van der Waals surface area contributed by atoms with Crippen LogP contribution in [0.5, 0.6) is 0 Å². The minimum absolute atomic E-state index is 0.0624. The van der Waals surface area contributed by atoms with Crippen molar-refractivity contribution in [3.8, 4) is 0 Å². The van der Waals surface area contributed by atoms with Gasteiger partial charge < -0.3 is 9.47 Å². The lowest BCUT2D eigenvalue weighted by molar-refractivity contribution is -0.128. The smallest absolute Gasteiger partial charge is 0.173 e. The van der Waals surface area contributed by atoms with E-state index in [1.54, 1.807) is 6.26 Å². The summed E-state index contributed by atoms with van der Waals surface area (Å²) in [7, 11) is 0. The molecule has 0 saturated heterocycles. The maximum absolute atomic E-state index is 13.0. The quantitative estimate of drug-likeness (QED) is 0.593. The monoisotopic (exact) mass is 384 g/mol. The van der Waals surface area contributed by atoms with Crippen LogP contribution >= 0.6 is 0 Å². The van der Waals surface area contributed by atoms with Gasteiger partial charge in [0.05, 0.1) is 30.5 Å². The van der Waals surface area contributed by atoms with Gasteiger partial charge >= 0.3 is 0 Å². The molecule has 1 heterocycles. The van der Waals surface area contributed by atoms with Crippen molar-refractivity contribution in [3.63, 3.8) is 0 Å². The highest BCUT2D eigenvalue weighted by molar-refractivity contribution is 6.22. The second-order valence-corrected chi connectivity index (χ2v) is 7.93. The van der Waals surface area contributed by atoms with E-state index >= 15 is 0 Å². The summed E-state index contributed by atoms with van der Waals surface area (Å²) in [6.07, 6.45) is 4.17. The second kappa shape index (κ2) is 7.84. The van der Waals surface area contributed by atoms with Crippen molar-refractivity contribution in [3.05, 3.63) is 90.2 Å². The number of allylic oxidation sites excluding steroid dienone is 1. The Morgan fingerprint density at radius 3 is 2.59 bits per heavy atom. The van der Waals surface area contributed by atoms with E-state index in [0.29, 0.717) is 12.2 Å². The first-order valence-electron chi connectivity index (χ1n) is 10.3. The molecule has 5 rings (SSSR count). The number of hydrogen-bond acceptors (Lipinski definition) is 3. The Hall–Kier alpha value is -2.91. The fourth-order valence-electron chi connectivity index (χ4n) is 4.56. The van der Waals surface area contributed by atoms with Crippen LogP contribution < -0.4 is 0 Å². The van der Waals surface area contributed by atoms with Crippen molar-refractivity contribution in [2.75, 3.05) is 0 Å². The molecule has 0 amide bonds. The fraction of sp³-hybridized carbons (Fsp3) is 0.269. The number of fused-ring (bicyclic) bond motifs is 2. The summed E-state index contributed by atoms with van der Waals surface area (Å²) in [4.78, 5) is 13.0. The molecular weight excluding hydrogens is 360 g/mol. The van der Waals surface area contributed by atoms with E-state index in [2.05, 4.69) is 42.5 Å². The summed E-state index contributed by atoms with van der Waals surface area (Å²) in [5, 5.41) is 2.47. The van der Waals surface area contributed by atoms with E-state index in [9.17, 15) is 4.79 Å². The third-order valence-electron chi connectivity index (χ3n) is 6.15. The third kappa shape index (κ3) is 3.58. The number of ketones is 1. The van der Waals surface area contributed by atoms with Gasteiger partial charge in [0.25, 0.3) is 0 Å². The lowest BCUT2D eigenvalue weighted by Crippen LogP contribution is -2.41. The molecule has 3 aromatic rings. The number of carbonyl (C=O) groups excluding carboxylic acids is 1. The average molecular weight is 384 g/mol. The number of Topliss-reactive ketones (excluding diaryl/α,β-unsaturated/α-hetero) is 1. The van der Waals surface area contributed by atoms with Crippen molar-refractivity contribution in [1.82, 2.24) is 0 Å². The molecular formula is C26H24O3. The molecule has 2 aliphatic rings. The molecule has 3 atom stereocenters. The second-order valence-electron chi connectivity index (χ2n) is 7.93. The van der Waals surface area contributed by atoms with Crippen molar-refractivity contribution >= 4 is 22.1 Å². The molecule has 3 nitrogen and oxygen atoms in total. The summed E-state index contributed by atoms with van der Waals surface area (Å²) >= 11 is 0. The van der Waals surface area contributed by atoms with Crippen LogP contribution in [0.2, 0.25) is 0 Å². The molecule has 0 aromatic heterocycles. The third-order valence-corrected chi connectivity index (χ3v) is 6.15. The first-order chi connectivity index (χ1) is 14.3. The van der Waals surface area contributed by atoms with Crippen LogP contribution in [0.1, 0.15) is 30.4 Å². The van der Waals surface area contributed by atoms with Crippen LogP contribution in [0, 0.1) is 5.92 Å². The summed E-state index contributed by atoms with van der Waals surface area (Å²) in [6.45, 7) is 0.586. The van der Waals surface area contributed by atoms with Gasteiger partial charge in [-0.05, 0) is 34.7 Å². The van der Waals surface area contributed by atoms with Crippen molar-refractivity contribution < 1.29 is 14.3 Å². The van der Waals surface area contributed by atoms with Gasteiger partial charge in [0.2, 0.25) is 0 Å². The normalized spacial score (nSPS) is 23.9. The first-order valence-corrected chi connectivity index (χ1v) is 10.3.